The van der Waals surface area contributed by atoms with Gasteiger partial charge in [-0.25, -0.2) is 4.79 Å². The molecule has 14 heavy (non-hydrogen) atoms. The quantitative estimate of drug-likeness (QED) is 0.580. The maximum absolute atomic E-state index is 11.1. The number of hydrogen-bond donors (Lipinski definition) is 0. The first-order chi connectivity index (χ1) is 6.75. The van der Waals surface area contributed by atoms with E-state index in [1.165, 1.54) is 11.8 Å². The van der Waals surface area contributed by atoms with Crippen LogP contribution in [0.25, 0.3) is 6.08 Å². The Morgan fingerprint density at radius 2 is 2.07 bits per heavy atom. The second-order valence-corrected chi connectivity index (χ2v) is 4.63. The van der Waals surface area contributed by atoms with Gasteiger partial charge in [0.1, 0.15) is 5.94 Å². The van der Waals surface area contributed by atoms with E-state index in [9.17, 15) is 4.79 Å². The minimum Gasteiger partial charge on any atom is -0.450 e. The first-order valence-electron chi connectivity index (χ1n) is 4.03. The molecule has 2 nitrogen and oxygen atoms in total. The van der Waals surface area contributed by atoms with Gasteiger partial charge in [0, 0.05) is 4.47 Å². The van der Waals surface area contributed by atoms with Crippen LogP contribution in [0.2, 0.25) is 0 Å². The Kier molecular flexibility index (Phi) is 2.93. The van der Waals surface area contributed by atoms with E-state index in [2.05, 4.69) is 15.9 Å². The minimum absolute atomic E-state index is 0.224. The van der Waals surface area contributed by atoms with E-state index in [0.29, 0.717) is 10.8 Å². The van der Waals surface area contributed by atoms with E-state index in [-0.39, 0.29) is 5.97 Å². The average Bonchev–Trinajstić information content (AvgIpc) is 2.56. The van der Waals surface area contributed by atoms with Crippen LogP contribution in [-0.4, -0.2) is 11.9 Å². The van der Waals surface area contributed by atoms with E-state index in [4.69, 9.17) is 4.74 Å². The van der Waals surface area contributed by atoms with E-state index in [1.807, 2.05) is 30.3 Å². The number of carbonyl (C=O) groups is 1. The first-order valence-corrected chi connectivity index (χ1v) is 5.81. The molecule has 2 rings (SSSR count). The van der Waals surface area contributed by atoms with Gasteiger partial charge in [0.15, 0.2) is 0 Å². The summed E-state index contributed by atoms with van der Waals surface area (Å²) in [7, 11) is 0. The number of benzene rings is 1. The topological polar surface area (TPSA) is 26.3 Å². The Labute approximate surface area is 94.5 Å². The number of rotatable bonds is 1. The van der Waals surface area contributed by atoms with Gasteiger partial charge in [0.2, 0.25) is 0 Å². The summed E-state index contributed by atoms with van der Waals surface area (Å²) in [5.41, 5.74) is 1.01. The Morgan fingerprint density at radius 3 is 2.64 bits per heavy atom. The second kappa shape index (κ2) is 4.19. The monoisotopic (exact) mass is 270 g/mol. The van der Waals surface area contributed by atoms with Crippen molar-refractivity contribution in [1.29, 1.82) is 0 Å². The van der Waals surface area contributed by atoms with Crippen LogP contribution in [-0.2, 0) is 9.53 Å². The molecule has 1 heterocycles. The summed E-state index contributed by atoms with van der Waals surface area (Å²) in [5, 5.41) is 0. The van der Waals surface area contributed by atoms with Gasteiger partial charge in [0.05, 0.1) is 4.91 Å². The third kappa shape index (κ3) is 2.19. The van der Waals surface area contributed by atoms with Crippen molar-refractivity contribution in [1.82, 2.24) is 0 Å². The Morgan fingerprint density at radius 1 is 1.36 bits per heavy atom. The van der Waals surface area contributed by atoms with Crippen molar-refractivity contribution < 1.29 is 9.53 Å². The van der Waals surface area contributed by atoms with E-state index in [0.717, 1.165) is 10.0 Å². The van der Waals surface area contributed by atoms with Crippen molar-refractivity contribution in [3.05, 3.63) is 39.2 Å². The third-order valence-corrected chi connectivity index (χ3v) is 3.13. The molecule has 0 amide bonds. The fraction of sp³-hybridized carbons (Fsp3) is 0.100. The van der Waals surface area contributed by atoms with Crippen LogP contribution in [0.1, 0.15) is 5.56 Å². The molecular weight excluding hydrogens is 264 g/mol. The number of thioether (sulfide) groups is 1. The van der Waals surface area contributed by atoms with Crippen molar-refractivity contribution in [3.63, 3.8) is 0 Å². The molecule has 1 aliphatic heterocycles. The molecule has 1 aromatic rings. The highest BCUT2D eigenvalue weighted by molar-refractivity contribution is 9.10. The maximum Gasteiger partial charge on any atom is 0.345 e. The zero-order valence-corrected chi connectivity index (χ0v) is 9.60. The maximum atomic E-state index is 11.1. The molecule has 4 heteroatoms. The molecule has 0 atom stereocenters. The van der Waals surface area contributed by atoms with Gasteiger partial charge in [-0.1, -0.05) is 39.8 Å². The smallest absolute Gasteiger partial charge is 0.345 e. The van der Waals surface area contributed by atoms with Crippen molar-refractivity contribution in [3.8, 4) is 0 Å². The fourth-order valence-electron chi connectivity index (χ4n) is 1.09. The lowest BCUT2D eigenvalue weighted by molar-refractivity contribution is -0.134. The van der Waals surface area contributed by atoms with Crippen molar-refractivity contribution in [2.24, 2.45) is 0 Å². The minimum atomic E-state index is -0.224. The summed E-state index contributed by atoms with van der Waals surface area (Å²) in [4.78, 5) is 11.8. The number of carbonyl (C=O) groups excluding carboxylic acids is 1. The average molecular weight is 271 g/mol. The molecule has 0 radical (unpaired) electrons. The van der Waals surface area contributed by atoms with Crippen molar-refractivity contribution >= 4 is 39.7 Å². The zero-order chi connectivity index (χ0) is 9.97. The number of hydrogen-bond acceptors (Lipinski definition) is 3. The molecule has 0 unspecified atom stereocenters. The predicted molar refractivity (Wildman–Crippen MR) is 60.7 cm³/mol. The zero-order valence-electron chi connectivity index (χ0n) is 7.20. The molecule has 0 aliphatic carbocycles. The number of halogens is 1. The van der Waals surface area contributed by atoms with Gasteiger partial charge in [-0.15, -0.1) is 0 Å². The highest BCUT2D eigenvalue weighted by atomic mass is 79.9. The standard InChI is InChI=1S/C10H7BrO2S/c11-8-3-1-7(2-4-8)5-9-10(12)13-6-14-9/h1-5H,6H2/b9-5+. The lowest BCUT2D eigenvalue weighted by atomic mass is 10.2. The molecule has 0 aromatic heterocycles. The van der Waals surface area contributed by atoms with E-state index >= 15 is 0 Å². The third-order valence-electron chi connectivity index (χ3n) is 1.77. The van der Waals surface area contributed by atoms with Gasteiger partial charge in [0.25, 0.3) is 0 Å². The molecular formula is C10H7BrO2S. The summed E-state index contributed by atoms with van der Waals surface area (Å²) in [6, 6.07) is 7.78. The molecule has 1 aromatic carbocycles. The van der Waals surface area contributed by atoms with Gasteiger partial charge in [-0.05, 0) is 23.8 Å². The highest BCUT2D eigenvalue weighted by Crippen LogP contribution is 2.27. The predicted octanol–water partition coefficient (Wildman–Crippen LogP) is 3.04. The van der Waals surface area contributed by atoms with Gasteiger partial charge < -0.3 is 4.74 Å². The number of esters is 1. The van der Waals surface area contributed by atoms with Crippen LogP contribution < -0.4 is 0 Å². The first kappa shape index (κ1) is 9.80. The summed E-state index contributed by atoms with van der Waals surface area (Å²) < 4.78 is 5.84. The molecule has 1 aliphatic rings. The summed E-state index contributed by atoms with van der Waals surface area (Å²) in [6.45, 7) is 0. The normalized spacial score (nSPS) is 18.6. The lowest BCUT2D eigenvalue weighted by Crippen LogP contribution is -1.93. The summed E-state index contributed by atoms with van der Waals surface area (Å²) >= 11 is 4.78. The Hall–Kier alpha value is -0.740. The number of ether oxygens (including phenoxy) is 1. The van der Waals surface area contributed by atoms with Crippen LogP contribution in [0.15, 0.2) is 33.6 Å². The Balaban J connectivity index is 2.24. The van der Waals surface area contributed by atoms with E-state index < -0.39 is 0 Å². The second-order valence-electron chi connectivity index (χ2n) is 2.75. The van der Waals surface area contributed by atoms with Gasteiger partial charge in [-0.2, -0.15) is 0 Å². The van der Waals surface area contributed by atoms with Crippen LogP contribution in [0.4, 0.5) is 0 Å². The largest absolute Gasteiger partial charge is 0.450 e. The molecule has 0 spiro atoms. The molecule has 1 fully saturated rings. The highest BCUT2D eigenvalue weighted by Gasteiger charge is 2.18. The molecule has 0 bridgehead atoms. The van der Waals surface area contributed by atoms with Crippen LogP contribution in [0.5, 0.6) is 0 Å². The molecule has 0 N–H and O–H groups in total. The summed E-state index contributed by atoms with van der Waals surface area (Å²) in [5.74, 6) is 0.208. The van der Waals surface area contributed by atoms with Crippen molar-refractivity contribution in [2.45, 2.75) is 0 Å². The molecule has 1 saturated heterocycles. The van der Waals surface area contributed by atoms with Crippen LogP contribution in [0.3, 0.4) is 0 Å². The van der Waals surface area contributed by atoms with Gasteiger partial charge in [-0.3, -0.25) is 0 Å². The van der Waals surface area contributed by atoms with Gasteiger partial charge >= 0.3 is 5.97 Å². The lowest BCUT2D eigenvalue weighted by Gasteiger charge is -1.94. The van der Waals surface area contributed by atoms with Crippen molar-refractivity contribution in [2.75, 3.05) is 5.94 Å². The SMILES string of the molecule is O=C1OCS/C1=C/c1ccc(Br)cc1. The van der Waals surface area contributed by atoms with E-state index in [1.54, 1.807) is 0 Å². The summed E-state index contributed by atoms with van der Waals surface area (Å²) in [6.07, 6.45) is 1.84. The molecule has 0 saturated carbocycles. The van der Waals surface area contributed by atoms with Crippen LogP contribution in [0, 0.1) is 0 Å². The number of cyclic esters (lactones) is 1. The van der Waals surface area contributed by atoms with Crippen LogP contribution >= 0.6 is 27.7 Å². The molecule has 72 valence electrons. The fourth-order valence-corrected chi connectivity index (χ4v) is 2.04. The Bertz CT molecular complexity index is 384.